The smallest absolute Gasteiger partial charge is 0.129 e. The lowest BCUT2D eigenvalue weighted by Gasteiger charge is -2.34. The molecular formula is C15H18N2OS. The van der Waals surface area contributed by atoms with Crippen molar-refractivity contribution in [3.63, 3.8) is 0 Å². The summed E-state index contributed by atoms with van der Waals surface area (Å²) in [5, 5.41) is 10.6. The Hall–Kier alpha value is -1.26. The largest absolute Gasteiger partial charge is 0.392 e. The highest BCUT2D eigenvalue weighted by molar-refractivity contribution is 7.99. The van der Waals surface area contributed by atoms with Crippen LogP contribution in [0.2, 0.25) is 0 Å². The van der Waals surface area contributed by atoms with Crippen LogP contribution in [0.15, 0.2) is 30.3 Å². The van der Waals surface area contributed by atoms with E-state index in [4.69, 9.17) is 4.98 Å². The molecule has 0 saturated carbocycles. The third-order valence-electron chi connectivity index (χ3n) is 3.62. The van der Waals surface area contributed by atoms with E-state index < -0.39 is 0 Å². The number of para-hydroxylation sites is 1. The second-order valence-electron chi connectivity index (χ2n) is 4.93. The van der Waals surface area contributed by atoms with Crippen LogP contribution in [0.25, 0.3) is 10.9 Å². The Bertz CT molecular complexity index is 587. The van der Waals surface area contributed by atoms with Gasteiger partial charge < -0.3 is 10.0 Å². The molecule has 0 bridgehead atoms. The molecule has 0 aliphatic carbocycles. The first kappa shape index (κ1) is 12.8. The van der Waals surface area contributed by atoms with Gasteiger partial charge in [0.15, 0.2) is 0 Å². The second-order valence-corrected chi connectivity index (χ2v) is 6.08. The molecule has 3 rings (SSSR count). The Morgan fingerprint density at radius 1 is 1.42 bits per heavy atom. The molecule has 2 heterocycles. The fourth-order valence-corrected chi connectivity index (χ4v) is 3.59. The van der Waals surface area contributed by atoms with Gasteiger partial charge in [-0.3, -0.25) is 0 Å². The summed E-state index contributed by atoms with van der Waals surface area (Å²) >= 11 is 2.00. The predicted octanol–water partition coefficient (Wildman–Crippen LogP) is 2.67. The summed E-state index contributed by atoms with van der Waals surface area (Å²) < 4.78 is 0. The maximum atomic E-state index is 9.57. The number of nitrogens with zero attached hydrogens (tertiary/aromatic N) is 2. The van der Waals surface area contributed by atoms with Gasteiger partial charge in [-0.15, -0.1) is 0 Å². The number of benzene rings is 1. The minimum Gasteiger partial charge on any atom is -0.392 e. The van der Waals surface area contributed by atoms with E-state index in [1.54, 1.807) is 0 Å². The molecule has 1 fully saturated rings. The van der Waals surface area contributed by atoms with Gasteiger partial charge >= 0.3 is 0 Å². The predicted molar refractivity (Wildman–Crippen MR) is 81.8 cm³/mol. The number of aromatic nitrogens is 1. The third kappa shape index (κ3) is 2.42. The fourth-order valence-electron chi connectivity index (χ4n) is 2.58. The maximum Gasteiger partial charge on any atom is 0.129 e. The van der Waals surface area contributed by atoms with E-state index in [1.807, 2.05) is 42.1 Å². The number of aliphatic hydroxyl groups is 1. The normalized spacial score (nSPS) is 19.9. The third-order valence-corrected chi connectivity index (χ3v) is 4.81. The highest BCUT2D eigenvalue weighted by Gasteiger charge is 2.20. The number of hydrogen-bond donors (Lipinski definition) is 1. The van der Waals surface area contributed by atoms with Crippen LogP contribution < -0.4 is 4.90 Å². The number of thioether (sulfide) groups is 1. The standard InChI is InChI=1S/C15H18N2OS/c1-11-10-19-7-6-17(11)15-8-12(9-18)13-4-2-3-5-14(13)16-15/h2-5,8,11,18H,6-7,9-10H2,1H3. The molecule has 1 unspecified atom stereocenters. The van der Waals surface area contributed by atoms with Crippen molar-refractivity contribution in [1.29, 1.82) is 0 Å². The van der Waals surface area contributed by atoms with Gasteiger partial charge in [-0.2, -0.15) is 11.8 Å². The number of fused-ring (bicyclic) bond motifs is 1. The van der Waals surface area contributed by atoms with Gasteiger partial charge in [0.25, 0.3) is 0 Å². The molecular weight excluding hydrogens is 256 g/mol. The minimum absolute atomic E-state index is 0.0625. The Morgan fingerprint density at radius 3 is 3.05 bits per heavy atom. The summed E-state index contributed by atoms with van der Waals surface area (Å²) in [5.41, 5.74) is 1.93. The van der Waals surface area contributed by atoms with Crippen molar-refractivity contribution in [3.05, 3.63) is 35.9 Å². The highest BCUT2D eigenvalue weighted by atomic mass is 32.2. The van der Waals surface area contributed by atoms with Crippen LogP contribution >= 0.6 is 11.8 Å². The molecule has 1 saturated heterocycles. The Morgan fingerprint density at radius 2 is 2.26 bits per heavy atom. The monoisotopic (exact) mass is 274 g/mol. The number of aliphatic hydroxyl groups excluding tert-OH is 1. The van der Waals surface area contributed by atoms with E-state index in [9.17, 15) is 5.11 Å². The lowest BCUT2D eigenvalue weighted by atomic mass is 10.1. The Kier molecular flexibility index (Phi) is 3.62. The summed E-state index contributed by atoms with van der Waals surface area (Å²) in [6.45, 7) is 3.33. The average molecular weight is 274 g/mol. The zero-order valence-corrected chi connectivity index (χ0v) is 11.9. The summed E-state index contributed by atoms with van der Waals surface area (Å²) in [4.78, 5) is 7.11. The molecule has 100 valence electrons. The maximum absolute atomic E-state index is 9.57. The van der Waals surface area contributed by atoms with E-state index in [0.29, 0.717) is 6.04 Å². The number of anilines is 1. The SMILES string of the molecule is CC1CSCCN1c1cc(CO)c2ccccc2n1. The van der Waals surface area contributed by atoms with Crippen LogP contribution in [-0.2, 0) is 6.61 Å². The van der Waals surface area contributed by atoms with Crippen molar-refractivity contribution < 1.29 is 5.11 Å². The van der Waals surface area contributed by atoms with Gasteiger partial charge in [-0.25, -0.2) is 4.98 Å². The quantitative estimate of drug-likeness (QED) is 0.913. The van der Waals surface area contributed by atoms with Crippen molar-refractivity contribution in [1.82, 2.24) is 4.98 Å². The molecule has 0 spiro atoms. The first-order chi connectivity index (χ1) is 9.29. The van der Waals surface area contributed by atoms with Crippen molar-refractivity contribution in [2.45, 2.75) is 19.6 Å². The fraction of sp³-hybridized carbons (Fsp3) is 0.400. The van der Waals surface area contributed by atoms with E-state index >= 15 is 0 Å². The van der Waals surface area contributed by atoms with Crippen LogP contribution in [0, 0.1) is 0 Å². The van der Waals surface area contributed by atoms with E-state index in [-0.39, 0.29) is 6.61 Å². The van der Waals surface area contributed by atoms with E-state index in [0.717, 1.165) is 40.3 Å². The van der Waals surface area contributed by atoms with Crippen LogP contribution in [0.1, 0.15) is 12.5 Å². The molecule has 3 nitrogen and oxygen atoms in total. The number of pyridine rings is 1. The molecule has 1 atom stereocenters. The summed E-state index contributed by atoms with van der Waals surface area (Å²) in [6, 6.07) is 10.6. The average Bonchev–Trinajstić information content (AvgIpc) is 2.46. The Labute approximate surface area is 117 Å². The van der Waals surface area contributed by atoms with Gasteiger partial charge in [-0.1, -0.05) is 18.2 Å². The van der Waals surface area contributed by atoms with Crippen LogP contribution in [-0.4, -0.2) is 34.2 Å². The molecule has 19 heavy (non-hydrogen) atoms. The topological polar surface area (TPSA) is 36.4 Å². The highest BCUT2D eigenvalue weighted by Crippen LogP contribution is 2.27. The van der Waals surface area contributed by atoms with Crippen molar-refractivity contribution >= 4 is 28.5 Å². The molecule has 1 aromatic carbocycles. The van der Waals surface area contributed by atoms with Crippen molar-refractivity contribution in [2.24, 2.45) is 0 Å². The number of rotatable bonds is 2. The number of hydrogen-bond acceptors (Lipinski definition) is 4. The zero-order valence-electron chi connectivity index (χ0n) is 11.0. The van der Waals surface area contributed by atoms with E-state index in [2.05, 4.69) is 11.8 Å². The van der Waals surface area contributed by atoms with Crippen molar-refractivity contribution in [3.8, 4) is 0 Å². The molecule has 1 aliphatic rings. The zero-order chi connectivity index (χ0) is 13.2. The first-order valence-corrected chi connectivity index (χ1v) is 7.79. The first-order valence-electron chi connectivity index (χ1n) is 6.63. The van der Waals surface area contributed by atoms with Gasteiger partial charge in [0.2, 0.25) is 0 Å². The van der Waals surface area contributed by atoms with Gasteiger partial charge in [0.05, 0.1) is 12.1 Å². The second kappa shape index (κ2) is 5.39. The molecule has 2 aromatic rings. The van der Waals surface area contributed by atoms with Crippen molar-refractivity contribution in [2.75, 3.05) is 23.0 Å². The lowest BCUT2D eigenvalue weighted by Crippen LogP contribution is -2.40. The van der Waals surface area contributed by atoms with Gasteiger partial charge in [0, 0.05) is 29.5 Å². The Balaban J connectivity index is 2.08. The molecule has 1 aromatic heterocycles. The minimum atomic E-state index is 0.0625. The molecule has 4 heteroatoms. The summed E-state index contributed by atoms with van der Waals surface area (Å²) in [7, 11) is 0. The van der Waals surface area contributed by atoms with Gasteiger partial charge in [0.1, 0.15) is 5.82 Å². The summed E-state index contributed by atoms with van der Waals surface area (Å²) in [5.74, 6) is 3.28. The lowest BCUT2D eigenvalue weighted by molar-refractivity contribution is 0.283. The van der Waals surface area contributed by atoms with Crippen LogP contribution in [0.4, 0.5) is 5.82 Å². The van der Waals surface area contributed by atoms with Crippen LogP contribution in [0.3, 0.4) is 0 Å². The van der Waals surface area contributed by atoms with Crippen LogP contribution in [0.5, 0.6) is 0 Å². The molecule has 0 amide bonds. The summed E-state index contributed by atoms with van der Waals surface area (Å²) in [6.07, 6.45) is 0. The van der Waals surface area contributed by atoms with Gasteiger partial charge in [-0.05, 0) is 24.6 Å². The van der Waals surface area contributed by atoms with E-state index in [1.165, 1.54) is 0 Å². The molecule has 1 aliphatic heterocycles. The molecule has 0 radical (unpaired) electrons. The molecule has 1 N–H and O–H groups in total.